The molecule has 6 N–H and O–H groups in total. The number of fused-ring (bicyclic) bond motifs is 3. The van der Waals surface area contributed by atoms with Crippen LogP contribution in [0.5, 0.6) is 34.5 Å². The molecule has 6 aromatic carbocycles. The predicted octanol–water partition coefficient (Wildman–Crippen LogP) is 16.1. The number of esters is 3. The average molecular weight is 1650 g/mol. The number of hydrogen-bond donors (Lipinski definition) is 6. The summed E-state index contributed by atoms with van der Waals surface area (Å²) >= 11 is 12.7. The van der Waals surface area contributed by atoms with Gasteiger partial charge in [0.05, 0.1) is 47.0 Å². The second kappa shape index (κ2) is 46.9. The van der Waals surface area contributed by atoms with Gasteiger partial charge in [0.15, 0.2) is 19.8 Å². The van der Waals surface area contributed by atoms with Crippen LogP contribution in [0.25, 0.3) is 0 Å². The Morgan fingerprint density at radius 3 is 1.11 bits per heavy atom. The van der Waals surface area contributed by atoms with Crippen molar-refractivity contribution in [1.82, 2.24) is 14.7 Å². The van der Waals surface area contributed by atoms with Gasteiger partial charge >= 0.3 is 17.9 Å². The quantitative estimate of drug-likeness (QED) is 0.0255. The Morgan fingerprint density at radius 1 is 0.390 bits per heavy atom. The molecule has 0 radical (unpaired) electrons. The van der Waals surface area contributed by atoms with E-state index in [1.165, 1.54) is 22.8 Å². The van der Waals surface area contributed by atoms with Crippen LogP contribution in [0, 0.1) is 11.8 Å². The monoisotopic (exact) mass is 1650 g/mol. The molecule has 0 saturated carbocycles. The zero-order valence-electron chi connectivity index (χ0n) is 66.3. The first-order valence-corrected chi connectivity index (χ1v) is 41.1. The number of halogens is 2. The number of phenols is 6. The SMILES string of the molecule is O=C1OCC/C=C/CC/C=C/C(=N/OCC(=O)N2CCC(Cc3ccccc3)CC2)Cc2c(Cl)c(O)cc(O)c21.O=C1OCC/C=C/CC/C=C/C(=N\OCC(=O)N2CCC(Cc3ccccc3)CC2)Cc2c(Cl)c(O)cc(O)c21.O=C1OCC/C=C/CC/C=C/C(=N\OCC(=O)N2CCC(c3ccccc3)CC2)Cc2cc(O)cc(O)c21. The third-order valence-electron chi connectivity index (χ3n) is 20.9. The molecule has 3 fully saturated rings. The number of carbonyl (C=O) groups is 6. The molecule has 3 saturated heterocycles. The topological polar surface area (TPSA) is 326 Å². The van der Waals surface area contributed by atoms with Crippen molar-refractivity contribution < 1.29 is 88.1 Å². The first kappa shape index (κ1) is 88.7. The maximum Gasteiger partial charge on any atom is 0.342 e. The molecular weight excluding hydrogens is 1550 g/mol. The number of ether oxygens (including phenoxy) is 3. The Kier molecular flexibility index (Phi) is 35.3. The first-order chi connectivity index (χ1) is 57.3. The molecular formula is C92H104Cl2N6O18. The molecule has 0 spiro atoms. The van der Waals surface area contributed by atoms with Crippen molar-refractivity contribution in [2.24, 2.45) is 27.3 Å². The number of aromatic hydroxyl groups is 6. The number of phenolic OH excluding ortho intramolecular Hbond substituents is 6. The number of benzene rings is 6. The minimum absolute atomic E-state index is 0.0256. The first-order valence-electron chi connectivity index (χ1n) is 40.4. The number of rotatable bonds is 14. The number of cyclic esters (lactones) is 3. The lowest BCUT2D eigenvalue weighted by Crippen LogP contribution is -2.40. The molecule has 24 nitrogen and oxygen atoms in total. The summed E-state index contributed by atoms with van der Waals surface area (Å²) in [5, 5.41) is 74.0. The van der Waals surface area contributed by atoms with E-state index in [0.717, 1.165) is 108 Å². The number of carbonyl (C=O) groups excluding carboxylic acids is 6. The van der Waals surface area contributed by atoms with Crippen LogP contribution in [0.1, 0.15) is 167 Å². The highest BCUT2D eigenvalue weighted by atomic mass is 35.5. The van der Waals surface area contributed by atoms with Crippen LogP contribution in [0.15, 0.2) is 204 Å². The highest BCUT2D eigenvalue weighted by Gasteiger charge is 2.31. The Hall–Kier alpha value is -11.6. The molecule has 0 aliphatic carbocycles. The second-order valence-electron chi connectivity index (χ2n) is 29.5. The fourth-order valence-electron chi connectivity index (χ4n) is 14.6. The van der Waals surface area contributed by atoms with Gasteiger partial charge in [0.1, 0.15) is 51.2 Å². The molecule has 6 aliphatic heterocycles. The number of allylic oxidation sites excluding steroid dienone is 9. The lowest BCUT2D eigenvalue weighted by atomic mass is 9.89. The van der Waals surface area contributed by atoms with Gasteiger partial charge in [-0.3, -0.25) is 14.4 Å². The fraction of sp³-hybridized carbons (Fsp3) is 0.380. The predicted molar refractivity (Wildman–Crippen MR) is 452 cm³/mol. The molecule has 6 heterocycles. The average Bonchev–Trinajstić information content (AvgIpc) is 0.799. The van der Waals surface area contributed by atoms with Crippen LogP contribution in [-0.2, 0) is 75.2 Å². The maximum absolute atomic E-state index is 12.8. The van der Waals surface area contributed by atoms with E-state index in [0.29, 0.717) is 99.0 Å². The van der Waals surface area contributed by atoms with Gasteiger partial charge < -0.3 is 74.1 Å². The van der Waals surface area contributed by atoms with Gasteiger partial charge in [-0.25, -0.2) is 14.4 Å². The standard InChI is InChI=1S/2C31H35ClN2O6.C30H34N2O6/c2*32-30-25-19-24(12-8-3-1-2-4-9-17-39-31(38)29(25)26(35)20-27(30)36)33-40-21-28(37)34-15-13-23(14-16-34)18-22-10-6-5-7-11-22;33-26-19-24-18-25(12-8-3-1-2-4-9-17-37-30(36)29(24)27(34)20-26)31-38-21-28(35)32-15-13-23(14-16-32)22-10-6-5-7-11-22/h2*2,4-8,10-12,20,23,35-36H,1,3,9,13-19,21H2;2,4-8,10-12,19-20,23,33-34H,1,3,9,13-18,21H2/b4-2+,12-8+,33-24+;4-2+,12-8+,33-24-;4-2+,12-8+,31-25+. The van der Waals surface area contributed by atoms with Crippen molar-refractivity contribution in [1.29, 1.82) is 0 Å². The number of oxime groups is 3. The highest BCUT2D eigenvalue weighted by molar-refractivity contribution is 6.34. The van der Waals surface area contributed by atoms with Crippen molar-refractivity contribution in [2.45, 2.75) is 134 Å². The molecule has 624 valence electrons. The van der Waals surface area contributed by atoms with Crippen LogP contribution in [0.2, 0.25) is 10.0 Å². The summed E-state index contributed by atoms with van der Waals surface area (Å²) in [6.07, 6.45) is 36.7. The Labute approximate surface area is 698 Å². The zero-order valence-corrected chi connectivity index (χ0v) is 67.8. The molecule has 6 aromatic rings. The Bertz CT molecular complexity index is 4460. The highest BCUT2D eigenvalue weighted by Crippen LogP contribution is 2.40. The minimum atomic E-state index is -0.755. The zero-order chi connectivity index (χ0) is 83.4. The molecule has 118 heavy (non-hydrogen) atoms. The Morgan fingerprint density at radius 2 is 0.720 bits per heavy atom. The number of nitrogens with zero attached hydrogens (tertiary/aromatic N) is 6. The molecule has 3 amide bonds. The van der Waals surface area contributed by atoms with Crippen LogP contribution in [-0.4, -0.2) is 177 Å². The van der Waals surface area contributed by atoms with Crippen LogP contribution in [0.3, 0.4) is 0 Å². The van der Waals surface area contributed by atoms with Gasteiger partial charge in [-0.2, -0.15) is 0 Å². The lowest BCUT2D eigenvalue weighted by molar-refractivity contribution is -0.138. The second-order valence-corrected chi connectivity index (χ2v) is 30.2. The van der Waals surface area contributed by atoms with Crippen molar-refractivity contribution >= 4 is 76.0 Å². The summed E-state index contributed by atoms with van der Waals surface area (Å²) in [5.41, 5.74) is 5.49. The molecule has 0 bridgehead atoms. The third-order valence-corrected chi connectivity index (χ3v) is 21.8. The van der Waals surface area contributed by atoms with E-state index < -0.39 is 29.4 Å². The van der Waals surface area contributed by atoms with Gasteiger partial charge in [0.25, 0.3) is 17.7 Å². The van der Waals surface area contributed by atoms with E-state index in [1.54, 1.807) is 32.9 Å². The summed E-state index contributed by atoms with van der Waals surface area (Å²) in [7, 11) is 0. The molecule has 0 unspecified atom stereocenters. The van der Waals surface area contributed by atoms with Crippen LogP contribution < -0.4 is 0 Å². The van der Waals surface area contributed by atoms with Crippen molar-refractivity contribution in [2.75, 3.05) is 78.9 Å². The number of piperidine rings is 3. The number of hydrogen-bond acceptors (Lipinski definition) is 21. The summed E-state index contributed by atoms with van der Waals surface area (Å²) < 4.78 is 15.9. The molecule has 6 aliphatic rings. The summed E-state index contributed by atoms with van der Waals surface area (Å²) in [6.45, 7) is 3.84. The van der Waals surface area contributed by atoms with E-state index in [2.05, 4.69) is 51.9 Å². The van der Waals surface area contributed by atoms with E-state index in [1.807, 2.05) is 109 Å². The van der Waals surface area contributed by atoms with Gasteiger partial charge in [0.2, 0.25) is 0 Å². The summed E-state index contributed by atoms with van der Waals surface area (Å²) in [5.74, 6) is -3.25. The van der Waals surface area contributed by atoms with E-state index in [4.69, 9.17) is 51.9 Å². The van der Waals surface area contributed by atoms with Gasteiger partial charge in [-0.15, -0.1) is 0 Å². The molecule has 0 atom stereocenters. The smallest absolute Gasteiger partial charge is 0.342 e. The fourth-order valence-corrected chi connectivity index (χ4v) is 15.0. The largest absolute Gasteiger partial charge is 0.508 e. The van der Waals surface area contributed by atoms with Crippen LogP contribution in [0.4, 0.5) is 0 Å². The van der Waals surface area contributed by atoms with Gasteiger partial charge in [-0.05, 0) is 185 Å². The van der Waals surface area contributed by atoms with Gasteiger partial charge in [0, 0.05) is 76.7 Å². The van der Waals surface area contributed by atoms with Gasteiger partial charge in [-0.1, -0.05) is 184 Å². The molecule has 0 aromatic heterocycles. The lowest BCUT2D eigenvalue weighted by Gasteiger charge is -2.32. The number of likely N-dealkylation sites (tertiary alicyclic amines) is 3. The normalized spacial score (nSPS) is 19.9. The third kappa shape index (κ3) is 27.8. The summed E-state index contributed by atoms with van der Waals surface area (Å²) in [4.78, 5) is 98.5. The maximum atomic E-state index is 12.8. The van der Waals surface area contributed by atoms with Crippen molar-refractivity contribution in [3.8, 4) is 34.5 Å². The van der Waals surface area contributed by atoms with Crippen molar-refractivity contribution in [3.05, 3.63) is 248 Å². The van der Waals surface area contributed by atoms with E-state index in [9.17, 15) is 59.4 Å². The minimum Gasteiger partial charge on any atom is -0.508 e. The van der Waals surface area contributed by atoms with Crippen molar-refractivity contribution in [3.63, 3.8) is 0 Å². The van der Waals surface area contributed by atoms with E-state index in [-0.39, 0.29) is 137 Å². The molecule has 12 rings (SSSR count). The summed E-state index contributed by atoms with van der Waals surface area (Å²) in [6, 6.07) is 35.7. The van der Waals surface area contributed by atoms with Crippen LogP contribution >= 0.6 is 23.2 Å². The number of amides is 3. The van der Waals surface area contributed by atoms with E-state index >= 15 is 0 Å². The molecule has 26 heteroatoms. The Balaban J connectivity index is 0.000000186.